The fourth-order valence-electron chi connectivity index (χ4n) is 4.44. The molecular weight excluding hydrogens is 638 g/mol. The third kappa shape index (κ3) is 6.83. The number of phenols is 1. The van der Waals surface area contributed by atoms with Crippen molar-refractivity contribution in [3.63, 3.8) is 0 Å². The maximum atomic E-state index is 13.2. The van der Waals surface area contributed by atoms with Crippen molar-refractivity contribution in [2.45, 2.75) is 16.7 Å². The van der Waals surface area contributed by atoms with Gasteiger partial charge in [-0.25, -0.2) is 8.42 Å². The molecule has 16 heteroatoms. The highest BCUT2D eigenvalue weighted by Crippen LogP contribution is 2.40. The van der Waals surface area contributed by atoms with Crippen molar-refractivity contribution in [2.24, 2.45) is 10.2 Å². The summed E-state index contributed by atoms with van der Waals surface area (Å²) in [4.78, 5) is 23.1. The molecule has 5 aromatic rings. The number of amides is 1. The van der Waals surface area contributed by atoms with Crippen LogP contribution in [-0.2, 0) is 20.1 Å². The summed E-state index contributed by atoms with van der Waals surface area (Å²) in [5.74, 6) is -1.29. The molecule has 0 aliphatic rings. The number of fused-ring (bicyclic) bond motifs is 1. The van der Waals surface area contributed by atoms with Crippen LogP contribution in [0.5, 0.6) is 5.75 Å². The molecule has 0 atom stereocenters. The topological polar surface area (TPSA) is 218 Å². The Balaban J connectivity index is 1.47. The molecule has 0 bridgehead atoms. The molecule has 234 valence electrons. The molecule has 0 fully saturated rings. The number of nitro groups is 1. The molecule has 5 rings (SSSR count). The number of rotatable bonds is 9. The van der Waals surface area contributed by atoms with Gasteiger partial charge in [0.2, 0.25) is 0 Å². The maximum Gasteiger partial charge on any atom is 0.294 e. The first kappa shape index (κ1) is 31.7. The van der Waals surface area contributed by atoms with E-state index in [0.29, 0.717) is 16.3 Å². The predicted molar refractivity (Wildman–Crippen MR) is 169 cm³/mol. The van der Waals surface area contributed by atoms with Crippen molar-refractivity contribution in [3.8, 4) is 5.75 Å². The summed E-state index contributed by atoms with van der Waals surface area (Å²) in [5, 5.41) is 34.1. The Labute approximate surface area is 262 Å². The number of benzene rings is 5. The fraction of sp³-hybridized carbons (Fsp3) is 0.0333. The molecule has 14 nitrogen and oxygen atoms in total. The first-order chi connectivity index (χ1) is 21.7. The third-order valence-electron chi connectivity index (χ3n) is 6.69. The summed E-state index contributed by atoms with van der Waals surface area (Å²) in [6.45, 7) is 1.56. The number of aromatic hydroxyl groups is 1. The Morgan fingerprint density at radius 2 is 1.57 bits per heavy atom. The Kier molecular flexibility index (Phi) is 8.51. The third-order valence-corrected chi connectivity index (χ3v) is 9.08. The second-order valence-electron chi connectivity index (χ2n) is 9.86. The molecule has 0 unspecified atom stereocenters. The van der Waals surface area contributed by atoms with Gasteiger partial charge in [-0.3, -0.25) is 24.2 Å². The number of nitrogens with zero attached hydrogens (tertiary/aromatic N) is 3. The second-order valence-corrected chi connectivity index (χ2v) is 12.9. The van der Waals surface area contributed by atoms with E-state index in [1.165, 1.54) is 60.7 Å². The van der Waals surface area contributed by atoms with E-state index in [9.17, 15) is 36.9 Å². The van der Waals surface area contributed by atoms with E-state index in [0.717, 1.165) is 12.1 Å². The lowest BCUT2D eigenvalue weighted by molar-refractivity contribution is -0.384. The van der Waals surface area contributed by atoms with Crippen LogP contribution < -0.4 is 10.0 Å². The Morgan fingerprint density at radius 3 is 2.26 bits per heavy atom. The quantitative estimate of drug-likeness (QED) is 0.0587. The highest BCUT2D eigenvalue weighted by Gasteiger charge is 2.21. The molecule has 0 aromatic heterocycles. The summed E-state index contributed by atoms with van der Waals surface area (Å²) < 4.78 is 60.5. The number of nitrogens with one attached hydrogen (secondary N) is 2. The average Bonchev–Trinajstić information content (AvgIpc) is 3.00. The number of hydrogen-bond acceptors (Lipinski definition) is 10. The highest BCUT2D eigenvalue weighted by atomic mass is 32.2. The normalized spacial score (nSPS) is 11.9. The zero-order valence-electron chi connectivity index (χ0n) is 23.6. The molecule has 1 amide bonds. The smallest absolute Gasteiger partial charge is 0.294 e. The molecule has 0 aliphatic carbocycles. The lowest BCUT2D eigenvalue weighted by Crippen LogP contribution is -2.14. The number of non-ortho nitro benzene ring substituents is 1. The molecule has 0 saturated heterocycles. The maximum absolute atomic E-state index is 13.2. The molecule has 0 spiro atoms. The van der Waals surface area contributed by atoms with E-state index in [-0.39, 0.29) is 38.9 Å². The number of nitro benzene ring substituents is 1. The van der Waals surface area contributed by atoms with E-state index in [4.69, 9.17) is 4.55 Å². The number of anilines is 2. The van der Waals surface area contributed by atoms with Crippen LogP contribution in [0.2, 0.25) is 0 Å². The van der Waals surface area contributed by atoms with Crippen LogP contribution in [0.15, 0.2) is 117 Å². The molecule has 0 aliphatic heterocycles. The number of hydrogen-bond donors (Lipinski definition) is 4. The first-order valence-corrected chi connectivity index (χ1v) is 16.1. The molecule has 0 saturated carbocycles. The van der Waals surface area contributed by atoms with Crippen LogP contribution in [-0.4, -0.2) is 37.3 Å². The van der Waals surface area contributed by atoms with E-state index < -0.39 is 41.6 Å². The van der Waals surface area contributed by atoms with Gasteiger partial charge in [0.1, 0.15) is 5.69 Å². The van der Waals surface area contributed by atoms with Gasteiger partial charge in [0.25, 0.3) is 31.7 Å². The molecule has 4 N–H and O–H groups in total. The number of azo groups is 1. The lowest BCUT2D eigenvalue weighted by atomic mass is 10.0. The van der Waals surface area contributed by atoms with Gasteiger partial charge < -0.3 is 10.4 Å². The number of sulfonamides is 1. The zero-order valence-corrected chi connectivity index (χ0v) is 25.3. The van der Waals surface area contributed by atoms with Crippen LogP contribution >= 0.6 is 0 Å². The molecule has 0 heterocycles. The summed E-state index contributed by atoms with van der Waals surface area (Å²) in [7, 11) is -8.67. The van der Waals surface area contributed by atoms with Gasteiger partial charge in [0.15, 0.2) is 5.75 Å². The fourth-order valence-corrected chi connectivity index (χ4v) is 6.24. The van der Waals surface area contributed by atoms with Crippen molar-refractivity contribution < 1.29 is 36.2 Å². The Hall–Kier alpha value is -5.71. The van der Waals surface area contributed by atoms with Gasteiger partial charge in [-0.2, -0.15) is 13.5 Å². The van der Waals surface area contributed by atoms with Gasteiger partial charge >= 0.3 is 0 Å². The van der Waals surface area contributed by atoms with E-state index in [1.807, 2.05) is 0 Å². The molecule has 0 radical (unpaired) electrons. The van der Waals surface area contributed by atoms with Gasteiger partial charge in [-0.1, -0.05) is 36.4 Å². The Bertz CT molecular complexity index is 2270. The van der Waals surface area contributed by atoms with Crippen LogP contribution in [0.4, 0.5) is 28.4 Å². The summed E-state index contributed by atoms with van der Waals surface area (Å²) in [6.07, 6.45) is 0. The second kappa shape index (κ2) is 12.4. The summed E-state index contributed by atoms with van der Waals surface area (Å²) in [5.41, 5.74) is 0.109. The predicted octanol–water partition coefficient (Wildman–Crippen LogP) is 6.48. The number of carbonyl (C=O) groups excluding carboxylic acids is 1. The standard InChI is InChI=1S/C30H23N5O9S2/c1-18-9-10-22(17-27(18)45(40,41)34-20-11-13-24(14-12-20)46(42,43)44)32-33-28-25-8-3-2-5-19(25)15-26(29(28)36)30(37)31-21-6-4-7-23(16-21)35(38)39/h2-17,34,36H,1H3,(H,31,37)(H,42,43,44). The Morgan fingerprint density at radius 1 is 0.848 bits per heavy atom. The monoisotopic (exact) mass is 661 g/mol. The van der Waals surface area contributed by atoms with Crippen LogP contribution in [0.3, 0.4) is 0 Å². The summed E-state index contributed by atoms with van der Waals surface area (Å²) >= 11 is 0. The van der Waals surface area contributed by atoms with Gasteiger partial charge in [0.05, 0.1) is 26.0 Å². The molecule has 46 heavy (non-hydrogen) atoms. The molecular formula is C30H23N5O9S2. The van der Waals surface area contributed by atoms with Crippen molar-refractivity contribution in [1.82, 2.24) is 0 Å². The van der Waals surface area contributed by atoms with Crippen molar-refractivity contribution in [1.29, 1.82) is 0 Å². The zero-order chi connectivity index (χ0) is 33.2. The minimum Gasteiger partial charge on any atom is -0.505 e. The molecule has 5 aromatic carbocycles. The van der Waals surface area contributed by atoms with Crippen molar-refractivity contribution in [3.05, 3.63) is 118 Å². The minimum atomic E-state index is -4.46. The van der Waals surface area contributed by atoms with E-state index >= 15 is 0 Å². The largest absolute Gasteiger partial charge is 0.505 e. The summed E-state index contributed by atoms with van der Waals surface area (Å²) in [6, 6.07) is 22.1. The van der Waals surface area contributed by atoms with Crippen LogP contribution in [0, 0.1) is 17.0 Å². The number of phenolic OH excluding ortho intramolecular Hbond substituents is 1. The van der Waals surface area contributed by atoms with Gasteiger partial charge in [-0.15, -0.1) is 5.11 Å². The highest BCUT2D eigenvalue weighted by molar-refractivity contribution is 7.92. The number of carbonyl (C=O) groups is 1. The van der Waals surface area contributed by atoms with Crippen LogP contribution in [0.25, 0.3) is 10.8 Å². The van der Waals surface area contributed by atoms with E-state index in [2.05, 4.69) is 20.3 Å². The van der Waals surface area contributed by atoms with Crippen molar-refractivity contribution in [2.75, 3.05) is 10.0 Å². The first-order valence-electron chi connectivity index (χ1n) is 13.2. The van der Waals surface area contributed by atoms with E-state index in [1.54, 1.807) is 31.2 Å². The van der Waals surface area contributed by atoms with Crippen molar-refractivity contribution >= 4 is 65.3 Å². The van der Waals surface area contributed by atoms with Gasteiger partial charge in [-0.05, 0) is 66.4 Å². The van der Waals surface area contributed by atoms with Crippen LogP contribution in [0.1, 0.15) is 15.9 Å². The van der Waals surface area contributed by atoms with Gasteiger partial charge in [0, 0.05) is 28.9 Å². The minimum absolute atomic E-state index is 0.0374. The lowest BCUT2D eigenvalue weighted by Gasteiger charge is -2.12. The average molecular weight is 662 g/mol. The SMILES string of the molecule is Cc1ccc(N=Nc2c(O)c(C(=O)Nc3cccc([N+](=O)[O-])c3)cc3ccccc23)cc1S(=O)(=O)Nc1ccc(S(=O)(=O)O)cc1. The number of aryl methyl sites for hydroxylation is 1.